The molecular weight excluding hydrogens is 376 g/mol. The summed E-state index contributed by atoms with van der Waals surface area (Å²) in [6, 6.07) is 9.92. The van der Waals surface area contributed by atoms with Crippen molar-refractivity contribution in [2.45, 2.75) is 32.1 Å². The van der Waals surface area contributed by atoms with Gasteiger partial charge in [0.05, 0.1) is 11.9 Å². The van der Waals surface area contributed by atoms with Crippen LogP contribution in [0.4, 0.5) is 0 Å². The number of aromatic nitrogens is 2. The topological polar surface area (TPSA) is 84.3 Å². The van der Waals surface area contributed by atoms with Crippen LogP contribution < -0.4 is 5.32 Å². The van der Waals surface area contributed by atoms with Crippen LogP contribution in [0, 0.1) is 5.92 Å². The Kier molecular flexibility index (Phi) is 5.25. The molecule has 0 unspecified atom stereocenters. The van der Waals surface area contributed by atoms with Gasteiger partial charge in [-0.25, -0.2) is 17.4 Å². The first-order chi connectivity index (χ1) is 13.4. The molecule has 0 atom stereocenters. The molecule has 1 saturated heterocycles. The van der Waals surface area contributed by atoms with Gasteiger partial charge in [0.2, 0.25) is 10.0 Å². The number of rotatable bonds is 5. The highest BCUT2D eigenvalue weighted by Gasteiger charge is 2.28. The highest BCUT2D eigenvalue weighted by molar-refractivity contribution is 7.88. The Labute approximate surface area is 165 Å². The lowest BCUT2D eigenvalue weighted by Gasteiger charge is -2.30. The van der Waals surface area contributed by atoms with Gasteiger partial charge in [-0.3, -0.25) is 4.79 Å². The summed E-state index contributed by atoms with van der Waals surface area (Å²) in [5, 5.41) is 7.66. The van der Waals surface area contributed by atoms with Crippen LogP contribution in [-0.4, -0.2) is 54.3 Å². The van der Waals surface area contributed by atoms with E-state index in [-0.39, 0.29) is 5.91 Å². The monoisotopic (exact) mass is 402 g/mol. The van der Waals surface area contributed by atoms with Crippen LogP contribution in [0.15, 0.2) is 30.3 Å². The normalized spacial score (nSPS) is 18.2. The molecule has 2 aliphatic rings. The Morgan fingerprint density at radius 3 is 2.57 bits per heavy atom. The molecule has 4 rings (SSSR count). The Hall–Kier alpha value is -2.19. The molecule has 1 amide bonds. The van der Waals surface area contributed by atoms with Gasteiger partial charge in [-0.05, 0) is 50.2 Å². The quantitative estimate of drug-likeness (QED) is 0.826. The van der Waals surface area contributed by atoms with Gasteiger partial charge in [0, 0.05) is 30.9 Å². The number of fused-ring (bicyclic) bond motifs is 1. The lowest BCUT2D eigenvalue weighted by atomic mass is 9.98. The lowest BCUT2D eigenvalue weighted by molar-refractivity contribution is 0.0935. The standard InChI is InChI=1S/C20H26N4O3S/c1-28(26,27)23-12-10-15(11-13-23)14-21-20(25)19-17-8-5-9-18(17)24(22-19)16-6-3-2-4-7-16/h2-4,6-7,15H,5,8-14H2,1H3,(H,21,25). The number of benzene rings is 1. The number of amides is 1. The number of carbonyl (C=O) groups is 1. The first-order valence-corrected chi connectivity index (χ1v) is 11.7. The van der Waals surface area contributed by atoms with Gasteiger partial charge in [-0.1, -0.05) is 18.2 Å². The van der Waals surface area contributed by atoms with Crippen LogP contribution in [0.25, 0.3) is 5.69 Å². The van der Waals surface area contributed by atoms with Crippen molar-refractivity contribution in [1.82, 2.24) is 19.4 Å². The van der Waals surface area contributed by atoms with Crippen LogP contribution in [0.1, 0.15) is 41.0 Å². The largest absolute Gasteiger partial charge is 0.350 e. The van der Waals surface area contributed by atoms with Crippen molar-refractivity contribution in [3.8, 4) is 5.69 Å². The second-order valence-corrected chi connectivity index (χ2v) is 9.67. The van der Waals surface area contributed by atoms with E-state index in [4.69, 9.17) is 0 Å². The van der Waals surface area contributed by atoms with Crippen LogP contribution in [0.2, 0.25) is 0 Å². The first-order valence-electron chi connectivity index (χ1n) is 9.83. The Morgan fingerprint density at radius 2 is 1.89 bits per heavy atom. The fourth-order valence-electron chi connectivity index (χ4n) is 4.17. The van der Waals surface area contributed by atoms with Crippen molar-refractivity contribution in [3.63, 3.8) is 0 Å². The van der Waals surface area contributed by atoms with Gasteiger partial charge in [0.15, 0.2) is 5.69 Å². The predicted molar refractivity (Wildman–Crippen MR) is 107 cm³/mol. The minimum atomic E-state index is -3.12. The summed E-state index contributed by atoms with van der Waals surface area (Å²) < 4.78 is 26.7. The zero-order chi connectivity index (χ0) is 19.7. The average Bonchev–Trinajstić information content (AvgIpc) is 3.29. The smallest absolute Gasteiger partial charge is 0.272 e. The zero-order valence-electron chi connectivity index (χ0n) is 16.1. The number of carbonyl (C=O) groups excluding carboxylic acids is 1. The lowest BCUT2D eigenvalue weighted by Crippen LogP contribution is -2.41. The van der Waals surface area contributed by atoms with Crippen molar-refractivity contribution in [1.29, 1.82) is 0 Å². The summed E-state index contributed by atoms with van der Waals surface area (Å²) in [5.41, 5.74) is 3.71. The molecule has 1 aromatic carbocycles. The van der Waals surface area contributed by atoms with Crippen LogP contribution in [0.5, 0.6) is 0 Å². The third kappa shape index (κ3) is 3.84. The summed E-state index contributed by atoms with van der Waals surface area (Å²) in [6.45, 7) is 1.61. The van der Waals surface area contributed by atoms with E-state index in [0.717, 1.165) is 49.0 Å². The Morgan fingerprint density at radius 1 is 1.18 bits per heavy atom. The summed E-state index contributed by atoms with van der Waals surface area (Å²) in [6.07, 6.45) is 5.66. The van der Waals surface area contributed by atoms with Gasteiger partial charge in [-0.2, -0.15) is 5.10 Å². The maximum absolute atomic E-state index is 12.8. The van der Waals surface area contributed by atoms with E-state index in [1.165, 1.54) is 10.6 Å². The van der Waals surface area contributed by atoms with Crippen molar-refractivity contribution >= 4 is 15.9 Å². The van der Waals surface area contributed by atoms with Crippen molar-refractivity contribution in [2.24, 2.45) is 5.92 Å². The number of hydrogen-bond donors (Lipinski definition) is 1. The van der Waals surface area contributed by atoms with Gasteiger partial charge in [-0.15, -0.1) is 0 Å². The molecule has 28 heavy (non-hydrogen) atoms. The minimum absolute atomic E-state index is 0.127. The average molecular weight is 403 g/mol. The fourth-order valence-corrected chi connectivity index (χ4v) is 5.04. The van der Waals surface area contributed by atoms with E-state index in [2.05, 4.69) is 10.4 Å². The molecule has 1 aliphatic heterocycles. The number of nitrogens with one attached hydrogen (secondary N) is 1. The summed E-state index contributed by atoms with van der Waals surface area (Å²) in [4.78, 5) is 12.8. The van der Waals surface area contributed by atoms with E-state index in [0.29, 0.717) is 31.2 Å². The molecule has 8 heteroatoms. The molecule has 7 nitrogen and oxygen atoms in total. The predicted octanol–water partition coefficient (Wildman–Crippen LogP) is 1.76. The molecule has 0 saturated carbocycles. The van der Waals surface area contributed by atoms with Crippen molar-refractivity contribution in [3.05, 3.63) is 47.3 Å². The molecule has 1 aromatic heterocycles. The zero-order valence-corrected chi connectivity index (χ0v) is 16.9. The summed E-state index contributed by atoms with van der Waals surface area (Å²) >= 11 is 0. The maximum Gasteiger partial charge on any atom is 0.272 e. The number of para-hydroxylation sites is 1. The molecule has 0 spiro atoms. The molecular formula is C20H26N4O3S. The SMILES string of the molecule is CS(=O)(=O)N1CCC(CNC(=O)c2nn(-c3ccccc3)c3c2CCC3)CC1. The Bertz CT molecular complexity index is 961. The molecule has 150 valence electrons. The van der Waals surface area contributed by atoms with Gasteiger partial charge >= 0.3 is 0 Å². The number of hydrogen-bond acceptors (Lipinski definition) is 4. The van der Waals surface area contributed by atoms with Gasteiger partial charge in [0.1, 0.15) is 0 Å². The number of piperidine rings is 1. The molecule has 0 radical (unpaired) electrons. The minimum Gasteiger partial charge on any atom is -0.350 e. The second kappa shape index (κ2) is 7.67. The molecule has 1 N–H and O–H groups in total. The second-order valence-electron chi connectivity index (χ2n) is 7.69. The number of nitrogens with zero attached hydrogens (tertiary/aromatic N) is 3. The van der Waals surface area contributed by atoms with E-state index in [1.807, 2.05) is 35.0 Å². The van der Waals surface area contributed by atoms with Crippen LogP contribution >= 0.6 is 0 Å². The van der Waals surface area contributed by atoms with E-state index in [1.54, 1.807) is 0 Å². The highest BCUT2D eigenvalue weighted by Crippen LogP contribution is 2.28. The molecule has 0 bridgehead atoms. The molecule has 1 aliphatic carbocycles. The van der Waals surface area contributed by atoms with Crippen LogP contribution in [-0.2, 0) is 22.9 Å². The molecule has 1 fully saturated rings. The first kappa shape index (κ1) is 19.1. The fraction of sp³-hybridized carbons (Fsp3) is 0.500. The van der Waals surface area contributed by atoms with E-state index < -0.39 is 10.0 Å². The van der Waals surface area contributed by atoms with Crippen molar-refractivity contribution < 1.29 is 13.2 Å². The van der Waals surface area contributed by atoms with Crippen molar-refractivity contribution in [2.75, 3.05) is 25.9 Å². The summed E-state index contributed by atoms with van der Waals surface area (Å²) in [5.74, 6) is 0.171. The highest BCUT2D eigenvalue weighted by atomic mass is 32.2. The number of sulfonamides is 1. The third-order valence-corrected chi connectivity index (χ3v) is 7.04. The molecule has 2 heterocycles. The van der Waals surface area contributed by atoms with Gasteiger partial charge < -0.3 is 5.32 Å². The molecule has 2 aromatic rings. The van der Waals surface area contributed by atoms with Crippen LogP contribution in [0.3, 0.4) is 0 Å². The van der Waals surface area contributed by atoms with Gasteiger partial charge in [0.25, 0.3) is 5.91 Å². The third-order valence-electron chi connectivity index (χ3n) is 5.74. The van der Waals surface area contributed by atoms with E-state index in [9.17, 15) is 13.2 Å². The maximum atomic E-state index is 12.8. The van der Waals surface area contributed by atoms with E-state index >= 15 is 0 Å². The Balaban J connectivity index is 1.42. The summed E-state index contributed by atoms with van der Waals surface area (Å²) in [7, 11) is -3.12.